The Bertz CT molecular complexity index is 755. The summed E-state index contributed by atoms with van der Waals surface area (Å²) in [6, 6.07) is 4.18. The molecule has 1 aromatic carbocycles. The number of nitrogens with zero attached hydrogens (tertiary/aromatic N) is 1. The molecule has 0 spiro atoms. The lowest BCUT2D eigenvalue weighted by atomic mass is 10.2. The topological polar surface area (TPSA) is 80.8 Å². The molecular formula is C14H21NO5S2. The summed E-state index contributed by atoms with van der Waals surface area (Å²) in [5.41, 5.74) is 0.721. The molecule has 1 aromatic rings. The van der Waals surface area contributed by atoms with Crippen LogP contribution in [0.5, 0.6) is 5.75 Å². The fourth-order valence-corrected chi connectivity index (χ4v) is 6.35. The van der Waals surface area contributed by atoms with Crippen LogP contribution in [-0.2, 0) is 19.9 Å². The molecule has 124 valence electrons. The number of aryl methyl sites for hydroxylation is 1. The molecule has 1 fully saturated rings. The Labute approximate surface area is 132 Å². The quantitative estimate of drug-likeness (QED) is 0.799. The van der Waals surface area contributed by atoms with Crippen LogP contribution >= 0.6 is 0 Å². The third kappa shape index (κ3) is 3.28. The van der Waals surface area contributed by atoms with Crippen LogP contribution in [0.4, 0.5) is 0 Å². The van der Waals surface area contributed by atoms with E-state index in [-0.39, 0.29) is 22.9 Å². The Morgan fingerprint density at radius 2 is 2.05 bits per heavy atom. The van der Waals surface area contributed by atoms with E-state index in [1.807, 2.05) is 0 Å². The average Bonchev–Trinajstić information content (AvgIpc) is 2.79. The highest BCUT2D eigenvalue weighted by molar-refractivity contribution is 7.92. The largest absolute Gasteiger partial charge is 0.496 e. The lowest BCUT2D eigenvalue weighted by Crippen LogP contribution is -2.40. The van der Waals surface area contributed by atoms with Crippen molar-refractivity contribution in [3.8, 4) is 5.75 Å². The predicted octanol–water partition coefficient (Wildman–Crippen LogP) is 1.20. The number of hydrogen-bond donors (Lipinski definition) is 0. The highest BCUT2D eigenvalue weighted by Gasteiger charge is 2.37. The maximum Gasteiger partial charge on any atom is 0.243 e. The first-order valence-corrected chi connectivity index (χ1v) is 10.3. The first-order chi connectivity index (χ1) is 10.2. The second-order valence-corrected chi connectivity index (χ2v) is 9.52. The van der Waals surface area contributed by atoms with Crippen molar-refractivity contribution in [2.45, 2.75) is 31.2 Å². The van der Waals surface area contributed by atoms with Gasteiger partial charge in [0.25, 0.3) is 0 Å². The molecule has 0 aromatic heterocycles. The molecule has 2 rings (SSSR count). The van der Waals surface area contributed by atoms with Crippen LogP contribution in [0.15, 0.2) is 23.1 Å². The smallest absolute Gasteiger partial charge is 0.243 e. The summed E-state index contributed by atoms with van der Waals surface area (Å²) < 4.78 is 55.3. The summed E-state index contributed by atoms with van der Waals surface area (Å²) in [7, 11) is -5.33. The van der Waals surface area contributed by atoms with Crippen molar-refractivity contribution in [2.24, 2.45) is 0 Å². The molecule has 0 N–H and O–H groups in total. The minimum absolute atomic E-state index is 0.0470. The zero-order valence-corrected chi connectivity index (χ0v) is 14.6. The monoisotopic (exact) mass is 347 g/mol. The highest BCUT2D eigenvalue weighted by atomic mass is 32.2. The van der Waals surface area contributed by atoms with Crippen LogP contribution in [0.25, 0.3) is 0 Å². The van der Waals surface area contributed by atoms with Crippen LogP contribution < -0.4 is 4.74 Å². The van der Waals surface area contributed by atoms with Gasteiger partial charge in [-0.3, -0.25) is 0 Å². The van der Waals surface area contributed by atoms with Gasteiger partial charge in [-0.05, 0) is 37.1 Å². The van der Waals surface area contributed by atoms with E-state index >= 15 is 0 Å². The summed E-state index contributed by atoms with van der Waals surface area (Å²) in [5.74, 6) is 0.561. The van der Waals surface area contributed by atoms with Gasteiger partial charge >= 0.3 is 0 Å². The molecule has 0 aliphatic carbocycles. The van der Waals surface area contributed by atoms with E-state index in [1.54, 1.807) is 26.0 Å². The first-order valence-electron chi connectivity index (χ1n) is 7.08. The number of rotatable bonds is 5. The fraction of sp³-hybridized carbons (Fsp3) is 0.571. The van der Waals surface area contributed by atoms with Gasteiger partial charge in [-0.2, -0.15) is 4.31 Å². The first kappa shape index (κ1) is 17.2. The number of methoxy groups -OCH3 is 1. The van der Waals surface area contributed by atoms with Crippen molar-refractivity contribution >= 4 is 19.9 Å². The van der Waals surface area contributed by atoms with Gasteiger partial charge in [-0.1, -0.05) is 6.92 Å². The van der Waals surface area contributed by atoms with E-state index in [1.165, 1.54) is 17.5 Å². The van der Waals surface area contributed by atoms with E-state index in [2.05, 4.69) is 0 Å². The Kier molecular flexibility index (Phi) is 4.84. The van der Waals surface area contributed by atoms with Gasteiger partial charge in [0.05, 0.1) is 23.5 Å². The molecule has 0 unspecified atom stereocenters. The zero-order chi connectivity index (χ0) is 16.5. The summed E-state index contributed by atoms with van der Waals surface area (Å²) >= 11 is 0. The van der Waals surface area contributed by atoms with Gasteiger partial charge in [0.15, 0.2) is 9.84 Å². The fourth-order valence-electron chi connectivity index (χ4n) is 2.77. The minimum Gasteiger partial charge on any atom is -0.496 e. The number of sulfone groups is 1. The number of sulfonamides is 1. The molecule has 0 radical (unpaired) electrons. The molecule has 22 heavy (non-hydrogen) atoms. The Morgan fingerprint density at radius 1 is 1.36 bits per heavy atom. The van der Waals surface area contributed by atoms with Gasteiger partial charge in [-0.25, -0.2) is 16.8 Å². The van der Waals surface area contributed by atoms with E-state index in [9.17, 15) is 16.8 Å². The van der Waals surface area contributed by atoms with E-state index in [0.717, 1.165) is 5.56 Å². The van der Waals surface area contributed by atoms with Crippen LogP contribution in [0.2, 0.25) is 0 Å². The Hall–Kier alpha value is -1.12. The van der Waals surface area contributed by atoms with Crippen molar-refractivity contribution in [3.05, 3.63) is 23.8 Å². The average molecular weight is 347 g/mol. The molecular weight excluding hydrogens is 326 g/mol. The normalized spacial score (nSPS) is 21.2. The van der Waals surface area contributed by atoms with Gasteiger partial charge in [0.2, 0.25) is 10.0 Å². The van der Waals surface area contributed by atoms with E-state index in [4.69, 9.17) is 4.74 Å². The molecule has 1 aliphatic rings. The Morgan fingerprint density at radius 3 is 2.50 bits per heavy atom. The van der Waals surface area contributed by atoms with Gasteiger partial charge in [0, 0.05) is 12.6 Å². The van der Waals surface area contributed by atoms with Crippen LogP contribution in [0.3, 0.4) is 0 Å². The molecule has 1 heterocycles. The molecule has 6 nitrogen and oxygen atoms in total. The maximum absolute atomic E-state index is 12.8. The van der Waals surface area contributed by atoms with Crippen molar-refractivity contribution in [1.29, 1.82) is 0 Å². The maximum atomic E-state index is 12.8. The van der Waals surface area contributed by atoms with Crippen LogP contribution in [-0.4, -0.2) is 52.3 Å². The molecule has 1 atom stereocenters. The lowest BCUT2D eigenvalue weighted by Gasteiger charge is -2.26. The molecule has 0 amide bonds. The molecule has 8 heteroatoms. The molecule has 0 saturated carbocycles. The van der Waals surface area contributed by atoms with Crippen molar-refractivity contribution < 1.29 is 21.6 Å². The van der Waals surface area contributed by atoms with Crippen LogP contribution in [0.1, 0.15) is 18.9 Å². The molecule has 1 saturated heterocycles. The van der Waals surface area contributed by atoms with Gasteiger partial charge in [0.1, 0.15) is 5.75 Å². The highest BCUT2D eigenvalue weighted by Crippen LogP contribution is 2.27. The SMILES string of the molecule is CCN([C@H]1CCS(=O)(=O)C1)S(=O)(=O)c1ccc(OC)c(C)c1. The second kappa shape index (κ2) is 6.17. The van der Waals surface area contributed by atoms with Crippen molar-refractivity contribution in [2.75, 3.05) is 25.2 Å². The summed E-state index contributed by atoms with van der Waals surface area (Å²) in [4.78, 5) is 0.164. The molecule has 0 bridgehead atoms. The summed E-state index contributed by atoms with van der Waals surface area (Å²) in [5, 5.41) is 0. The van der Waals surface area contributed by atoms with Crippen LogP contribution in [0, 0.1) is 6.92 Å². The predicted molar refractivity (Wildman–Crippen MR) is 84.4 cm³/mol. The lowest BCUT2D eigenvalue weighted by molar-refractivity contribution is 0.354. The zero-order valence-electron chi connectivity index (χ0n) is 12.9. The summed E-state index contributed by atoms with van der Waals surface area (Å²) in [6.07, 6.45) is 0.352. The van der Waals surface area contributed by atoms with Crippen molar-refractivity contribution in [3.63, 3.8) is 0 Å². The third-order valence-corrected chi connectivity index (χ3v) is 7.67. The van der Waals surface area contributed by atoms with Gasteiger partial charge < -0.3 is 4.74 Å². The number of ether oxygens (including phenoxy) is 1. The standard InChI is InChI=1S/C14H21NO5S2/c1-4-15(12-7-8-21(16,17)10-12)22(18,19)13-5-6-14(20-3)11(2)9-13/h5-6,9,12H,4,7-8,10H2,1-3H3/t12-/m0/s1. The van der Waals surface area contributed by atoms with E-state index < -0.39 is 25.9 Å². The van der Waals surface area contributed by atoms with E-state index in [0.29, 0.717) is 12.2 Å². The number of hydrogen-bond acceptors (Lipinski definition) is 5. The Balaban J connectivity index is 2.37. The van der Waals surface area contributed by atoms with Gasteiger partial charge in [-0.15, -0.1) is 0 Å². The second-order valence-electron chi connectivity index (χ2n) is 5.40. The molecule has 1 aliphatic heterocycles. The third-order valence-electron chi connectivity index (χ3n) is 3.90. The minimum atomic E-state index is -3.72. The number of benzene rings is 1. The summed E-state index contributed by atoms with van der Waals surface area (Å²) in [6.45, 7) is 3.74. The van der Waals surface area contributed by atoms with Crippen molar-refractivity contribution in [1.82, 2.24) is 4.31 Å².